The molecule has 188 valence electrons. The number of aromatic nitrogens is 4. The molecule has 0 radical (unpaired) electrons. The van der Waals surface area contributed by atoms with Crippen molar-refractivity contribution in [2.45, 2.75) is 17.7 Å². The SMILES string of the molecule is CNCCN(C)C(=O)c1cc(-n2ccccc2=O)ccc1-n1cc(CNC(=O)C2=CCC(Cl)S2)nn1. The fourth-order valence-electron chi connectivity index (χ4n) is 3.61. The van der Waals surface area contributed by atoms with Crippen LogP contribution in [0.1, 0.15) is 22.5 Å². The van der Waals surface area contributed by atoms with Crippen molar-refractivity contribution in [2.24, 2.45) is 0 Å². The Morgan fingerprint density at radius 2 is 2.11 bits per heavy atom. The van der Waals surface area contributed by atoms with Gasteiger partial charge < -0.3 is 15.5 Å². The van der Waals surface area contributed by atoms with Crippen LogP contribution in [0, 0.1) is 0 Å². The lowest BCUT2D eigenvalue weighted by Gasteiger charge is -2.19. The first-order chi connectivity index (χ1) is 17.4. The predicted molar refractivity (Wildman–Crippen MR) is 140 cm³/mol. The first-order valence-electron chi connectivity index (χ1n) is 11.3. The summed E-state index contributed by atoms with van der Waals surface area (Å²) >= 11 is 7.37. The zero-order valence-corrected chi connectivity index (χ0v) is 21.4. The maximum atomic E-state index is 13.4. The molecule has 0 saturated heterocycles. The third-order valence-corrected chi connectivity index (χ3v) is 7.04. The molecule has 4 rings (SSSR count). The van der Waals surface area contributed by atoms with Gasteiger partial charge in [-0.3, -0.25) is 19.0 Å². The van der Waals surface area contributed by atoms with E-state index in [1.54, 1.807) is 54.7 Å². The number of allylic oxidation sites excluding steroid dienone is 1. The minimum Gasteiger partial charge on any atom is -0.346 e. The summed E-state index contributed by atoms with van der Waals surface area (Å²) < 4.78 is 2.84. The van der Waals surface area contributed by atoms with E-state index in [-0.39, 0.29) is 28.6 Å². The highest BCUT2D eigenvalue weighted by atomic mass is 35.5. The summed E-state index contributed by atoms with van der Waals surface area (Å²) in [5, 5.41) is 14.2. The van der Waals surface area contributed by atoms with Crippen molar-refractivity contribution < 1.29 is 9.59 Å². The molecule has 0 spiro atoms. The van der Waals surface area contributed by atoms with Gasteiger partial charge in [-0.15, -0.1) is 28.5 Å². The number of nitrogens with zero attached hydrogens (tertiary/aromatic N) is 5. The Balaban J connectivity index is 1.61. The smallest absolute Gasteiger partial charge is 0.257 e. The molecule has 2 amide bonds. The number of carbonyl (C=O) groups is 2. The average molecular weight is 528 g/mol. The van der Waals surface area contributed by atoms with Crippen molar-refractivity contribution in [2.75, 3.05) is 27.2 Å². The topological polar surface area (TPSA) is 114 Å². The molecule has 36 heavy (non-hydrogen) atoms. The Morgan fingerprint density at radius 3 is 2.83 bits per heavy atom. The zero-order valence-electron chi connectivity index (χ0n) is 19.8. The Kier molecular flexibility index (Phi) is 8.24. The van der Waals surface area contributed by atoms with Crippen molar-refractivity contribution >= 4 is 35.2 Å². The van der Waals surface area contributed by atoms with Crippen LogP contribution in [0.4, 0.5) is 0 Å². The lowest BCUT2D eigenvalue weighted by molar-refractivity contribution is -0.117. The molecule has 1 atom stereocenters. The zero-order chi connectivity index (χ0) is 25.7. The molecular formula is C24H26ClN7O3S. The van der Waals surface area contributed by atoms with E-state index in [9.17, 15) is 14.4 Å². The van der Waals surface area contributed by atoms with Crippen LogP contribution in [0.2, 0.25) is 0 Å². The Bertz CT molecular complexity index is 1350. The van der Waals surface area contributed by atoms with Crippen LogP contribution < -0.4 is 16.2 Å². The van der Waals surface area contributed by atoms with Gasteiger partial charge in [0.1, 0.15) is 5.69 Å². The van der Waals surface area contributed by atoms with Gasteiger partial charge in [0.05, 0.1) is 33.6 Å². The van der Waals surface area contributed by atoms with Gasteiger partial charge in [-0.1, -0.05) is 17.4 Å². The van der Waals surface area contributed by atoms with Crippen LogP contribution in [-0.2, 0) is 11.3 Å². The molecule has 1 unspecified atom stereocenters. The first kappa shape index (κ1) is 25.7. The maximum Gasteiger partial charge on any atom is 0.257 e. The minimum absolute atomic E-state index is 0.122. The lowest BCUT2D eigenvalue weighted by atomic mass is 10.1. The summed E-state index contributed by atoms with van der Waals surface area (Å²) in [5.41, 5.74) is 1.75. The summed E-state index contributed by atoms with van der Waals surface area (Å²) in [6, 6.07) is 10.0. The van der Waals surface area contributed by atoms with E-state index >= 15 is 0 Å². The van der Waals surface area contributed by atoms with Gasteiger partial charge in [-0.2, -0.15) is 0 Å². The van der Waals surface area contributed by atoms with Crippen LogP contribution in [-0.4, -0.2) is 68.2 Å². The summed E-state index contributed by atoms with van der Waals surface area (Å²) in [7, 11) is 3.53. The molecule has 0 saturated carbocycles. The second-order valence-corrected chi connectivity index (χ2v) is 10.1. The standard InChI is InChI=1S/C24H26ClN7O3S/c1-26-10-12-30(2)24(35)18-13-17(31-11-4-3-5-22(31)33)6-7-19(18)32-15-16(28-29-32)14-27-23(34)20-8-9-21(25)36-20/h3-8,11,13,15,21,26H,9-10,12,14H2,1-2H3,(H,27,34). The van der Waals surface area contributed by atoms with E-state index in [0.717, 1.165) is 0 Å². The number of hydrogen-bond acceptors (Lipinski definition) is 7. The second kappa shape index (κ2) is 11.5. The summed E-state index contributed by atoms with van der Waals surface area (Å²) in [5.74, 6) is -0.436. The van der Waals surface area contributed by atoms with E-state index < -0.39 is 0 Å². The minimum atomic E-state index is -0.225. The predicted octanol–water partition coefficient (Wildman–Crippen LogP) is 1.91. The number of likely N-dealkylation sites (N-methyl/N-ethyl adjacent to an activating group) is 2. The van der Waals surface area contributed by atoms with Gasteiger partial charge in [0.15, 0.2) is 0 Å². The number of thioether (sulfide) groups is 1. The van der Waals surface area contributed by atoms with Gasteiger partial charge in [-0.25, -0.2) is 4.68 Å². The number of alkyl halides is 1. The molecule has 0 bridgehead atoms. The quantitative estimate of drug-likeness (QED) is 0.408. The maximum absolute atomic E-state index is 13.4. The number of rotatable bonds is 9. The van der Waals surface area contributed by atoms with Gasteiger partial charge in [-0.05, 0) is 37.7 Å². The monoisotopic (exact) mass is 527 g/mol. The molecule has 1 aliphatic heterocycles. The normalized spacial score (nSPS) is 15.0. The Labute approximate surface area is 217 Å². The summed E-state index contributed by atoms with van der Waals surface area (Å²) in [6.45, 7) is 1.30. The molecule has 2 N–H and O–H groups in total. The van der Waals surface area contributed by atoms with Crippen molar-refractivity contribution in [1.82, 2.24) is 35.1 Å². The van der Waals surface area contributed by atoms with Gasteiger partial charge in [0.2, 0.25) is 0 Å². The summed E-state index contributed by atoms with van der Waals surface area (Å²) in [6.07, 6.45) is 5.78. The van der Waals surface area contributed by atoms with Gasteiger partial charge >= 0.3 is 0 Å². The number of carbonyl (C=O) groups excluding carboxylic acids is 2. The van der Waals surface area contributed by atoms with Crippen LogP contribution in [0.25, 0.3) is 11.4 Å². The largest absolute Gasteiger partial charge is 0.346 e. The van der Waals surface area contributed by atoms with Crippen LogP contribution in [0.3, 0.4) is 0 Å². The van der Waals surface area contributed by atoms with Crippen molar-refractivity contribution in [3.63, 3.8) is 0 Å². The lowest BCUT2D eigenvalue weighted by Crippen LogP contribution is -2.33. The molecule has 1 aromatic carbocycles. The molecule has 2 aromatic heterocycles. The number of amides is 2. The second-order valence-electron chi connectivity index (χ2n) is 8.11. The molecule has 12 heteroatoms. The number of pyridine rings is 1. The van der Waals surface area contributed by atoms with Crippen molar-refractivity contribution in [3.8, 4) is 11.4 Å². The van der Waals surface area contributed by atoms with E-state index in [0.29, 0.717) is 47.0 Å². The van der Waals surface area contributed by atoms with Crippen LogP contribution in [0.5, 0.6) is 0 Å². The van der Waals surface area contributed by atoms with E-state index in [4.69, 9.17) is 11.6 Å². The number of halogens is 1. The average Bonchev–Trinajstić information content (AvgIpc) is 3.54. The van der Waals surface area contributed by atoms with Crippen molar-refractivity contribution in [1.29, 1.82) is 0 Å². The third-order valence-electron chi connectivity index (χ3n) is 5.54. The highest BCUT2D eigenvalue weighted by Gasteiger charge is 2.22. The van der Waals surface area contributed by atoms with Crippen LogP contribution in [0.15, 0.2) is 64.6 Å². The van der Waals surface area contributed by atoms with Gasteiger partial charge in [0, 0.05) is 38.1 Å². The van der Waals surface area contributed by atoms with E-state index in [1.165, 1.54) is 27.1 Å². The molecule has 3 aromatic rings. The summed E-state index contributed by atoms with van der Waals surface area (Å²) in [4.78, 5) is 40.3. The molecule has 1 aliphatic rings. The number of nitrogens with one attached hydrogen (secondary N) is 2. The van der Waals surface area contributed by atoms with Gasteiger partial charge in [0.25, 0.3) is 17.4 Å². The first-order valence-corrected chi connectivity index (χ1v) is 12.6. The number of hydrogen-bond donors (Lipinski definition) is 2. The van der Waals surface area contributed by atoms with E-state index in [1.807, 2.05) is 13.1 Å². The molecule has 0 aliphatic carbocycles. The fourth-order valence-corrected chi connectivity index (χ4v) is 4.82. The van der Waals surface area contributed by atoms with Crippen molar-refractivity contribution in [3.05, 3.63) is 81.4 Å². The molecule has 3 heterocycles. The fraction of sp³-hybridized carbons (Fsp3) is 0.292. The molecular weight excluding hydrogens is 502 g/mol. The third kappa shape index (κ3) is 5.86. The van der Waals surface area contributed by atoms with Crippen LogP contribution >= 0.6 is 23.4 Å². The highest BCUT2D eigenvalue weighted by Crippen LogP contribution is 2.34. The number of benzene rings is 1. The van der Waals surface area contributed by atoms with E-state index in [2.05, 4.69) is 20.9 Å². The highest BCUT2D eigenvalue weighted by molar-refractivity contribution is 8.05. The molecule has 10 nitrogen and oxygen atoms in total. The Morgan fingerprint density at radius 1 is 1.28 bits per heavy atom. The molecule has 0 fully saturated rings. The Hall–Kier alpha value is -3.41.